The van der Waals surface area contributed by atoms with Crippen molar-refractivity contribution >= 4 is 17.1 Å². The lowest BCUT2D eigenvalue weighted by molar-refractivity contribution is -0.137. The first-order valence-electron chi connectivity index (χ1n) is 4.80. The van der Waals surface area contributed by atoms with Gasteiger partial charge in [-0.1, -0.05) is 20.8 Å². The number of rotatable bonds is 3. The molecule has 0 aliphatic carbocycles. The van der Waals surface area contributed by atoms with E-state index in [-0.39, 0.29) is 22.5 Å². The molecule has 0 aliphatic heterocycles. The summed E-state index contributed by atoms with van der Waals surface area (Å²) in [5.74, 6) is -0.464. The Balaban J connectivity index is 2.91. The fourth-order valence-corrected chi connectivity index (χ4v) is 1.87. The maximum atomic E-state index is 12.3. The van der Waals surface area contributed by atoms with Gasteiger partial charge in [0.1, 0.15) is 0 Å². The molecule has 0 fully saturated rings. The Morgan fingerprint density at radius 1 is 1.38 bits per heavy atom. The molecule has 1 rings (SSSR count). The predicted molar refractivity (Wildman–Crippen MR) is 55.4 cm³/mol. The van der Waals surface area contributed by atoms with Crippen molar-refractivity contribution in [2.24, 2.45) is 11.8 Å². The van der Waals surface area contributed by atoms with Crippen molar-refractivity contribution in [3.63, 3.8) is 0 Å². The van der Waals surface area contributed by atoms with Crippen LogP contribution in [0.1, 0.15) is 35.5 Å². The minimum absolute atomic E-state index is 0.0773. The summed E-state index contributed by atoms with van der Waals surface area (Å²) in [4.78, 5) is 15.0. The lowest BCUT2D eigenvalue weighted by Gasteiger charge is -2.12. The molecule has 16 heavy (non-hydrogen) atoms. The molecule has 1 atom stereocenters. The number of hydrogen-bond donors (Lipinski definition) is 0. The molecule has 1 aromatic heterocycles. The van der Waals surface area contributed by atoms with Crippen LogP contribution < -0.4 is 0 Å². The Morgan fingerprint density at radius 3 is 2.31 bits per heavy atom. The fourth-order valence-electron chi connectivity index (χ4n) is 1.05. The van der Waals surface area contributed by atoms with E-state index in [0.717, 1.165) is 6.20 Å². The van der Waals surface area contributed by atoms with E-state index in [1.807, 2.05) is 13.8 Å². The summed E-state index contributed by atoms with van der Waals surface area (Å²) in [6.45, 7) is 5.42. The number of ketones is 1. The molecular formula is C10H12F3NOS. The Morgan fingerprint density at radius 2 is 1.94 bits per heavy atom. The van der Waals surface area contributed by atoms with Crippen molar-refractivity contribution < 1.29 is 18.0 Å². The lowest BCUT2D eigenvalue weighted by atomic mass is 9.93. The highest BCUT2D eigenvalue weighted by Gasteiger charge is 2.35. The van der Waals surface area contributed by atoms with Gasteiger partial charge in [0.05, 0.1) is 4.88 Å². The second-order valence-corrected chi connectivity index (χ2v) is 4.96. The number of aromatic nitrogens is 1. The van der Waals surface area contributed by atoms with Gasteiger partial charge in [-0.2, -0.15) is 13.2 Å². The maximum absolute atomic E-state index is 12.3. The van der Waals surface area contributed by atoms with Crippen LogP contribution in [0.25, 0.3) is 0 Å². The number of halogens is 3. The number of carbonyl (C=O) groups excluding carboxylic acids is 1. The predicted octanol–water partition coefficient (Wildman–Crippen LogP) is 3.64. The Hall–Kier alpha value is -0.910. The average Bonchev–Trinajstić information content (AvgIpc) is 2.63. The monoisotopic (exact) mass is 251 g/mol. The molecule has 1 unspecified atom stereocenters. The minimum Gasteiger partial charge on any atom is -0.293 e. The van der Waals surface area contributed by atoms with E-state index in [4.69, 9.17) is 0 Å². The SMILES string of the molecule is CC(C)C(C)C(=O)c1cnc(C(F)(F)F)s1. The van der Waals surface area contributed by atoms with Crippen LogP contribution in [0, 0.1) is 11.8 Å². The zero-order valence-corrected chi connectivity index (χ0v) is 9.95. The van der Waals surface area contributed by atoms with Crippen molar-refractivity contribution in [3.05, 3.63) is 16.1 Å². The van der Waals surface area contributed by atoms with Gasteiger partial charge in [0, 0.05) is 12.1 Å². The van der Waals surface area contributed by atoms with E-state index in [9.17, 15) is 18.0 Å². The normalized spacial score (nSPS) is 14.2. The number of carbonyl (C=O) groups is 1. The summed E-state index contributed by atoms with van der Waals surface area (Å²) in [7, 11) is 0. The highest BCUT2D eigenvalue weighted by Crippen LogP contribution is 2.33. The molecule has 0 amide bonds. The van der Waals surface area contributed by atoms with Crippen LogP contribution in [0.15, 0.2) is 6.20 Å². The minimum atomic E-state index is -4.47. The third-order valence-electron chi connectivity index (χ3n) is 2.40. The summed E-state index contributed by atoms with van der Waals surface area (Å²) in [6.07, 6.45) is -3.46. The van der Waals surface area contributed by atoms with Gasteiger partial charge in [-0.3, -0.25) is 4.79 Å². The number of nitrogens with zero attached hydrogens (tertiary/aromatic N) is 1. The van der Waals surface area contributed by atoms with Crippen LogP contribution in [-0.4, -0.2) is 10.8 Å². The molecule has 0 aliphatic rings. The molecule has 0 saturated carbocycles. The molecule has 90 valence electrons. The summed E-state index contributed by atoms with van der Waals surface area (Å²) in [5, 5.41) is -0.966. The molecule has 0 N–H and O–H groups in total. The van der Waals surface area contributed by atoms with E-state index in [2.05, 4.69) is 4.98 Å². The number of hydrogen-bond acceptors (Lipinski definition) is 3. The van der Waals surface area contributed by atoms with Crippen LogP contribution in [0.4, 0.5) is 13.2 Å². The van der Waals surface area contributed by atoms with Gasteiger partial charge in [0.2, 0.25) is 0 Å². The van der Waals surface area contributed by atoms with Crippen molar-refractivity contribution in [2.45, 2.75) is 26.9 Å². The molecule has 2 nitrogen and oxygen atoms in total. The standard InChI is InChI=1S/C10H12F3NOS/c1-5(2)6(3)8(15)7-4-14-9(16-7)10(11,12)13/h4-6H,1-3H3. The average molecular weight is 251 g/mol. The molecule has 0 saturated heterocycles. The number of thiazole rings is 1. The zero-order valence-electron chi connectivity index (χ0n) is 9.13. The third-order valence-corrected chi connectivity index (χ3v) is 3.46. The van der Waals surface area contributed by atoms with Gasteiger partial charge in [-0.25, -0.2) is 4.98 Å². The lowest BCUT2D eigenvalue weighted by Crippen LogP contribution is -2.15. The molecule has 0 radical (unpaired) electrons. The van der Waals surface area contributed by atoms with Gasteiger partial charge in [0.15, 0.2) is 10.8 Å². The van der Waals surface area contributed by atoms with Crippen molar-refractivity contribution in [1.82, 2.24) is 4.98 Å². The van der Waals surface area contributed by atoms with Crippen molar-refractivity contribution in [1.29, 1.82) is 0 Å². The molecule has 0 aromatic carbocycles. The maximum Gasteiger partial charge on any atom is 0.443 e. The summed E-state index contributed by atoms with van der Waals surface area (Å²) in [6, 6.07) is 0. The fraction of sp³-hybridized carbons (Fsp3) is 0.600. The van der Waals surface area contributed by atoms with Crippen LogP contribution in [-0.2, 0) is 6.18 Å². The first-order valence-corrected chi connectivity index (χ1v) is 5.62. The van der Waals surface area contributed by atoms with E-state index < -0.39 is 11.2 Å². The smallest absolute Gasteiger partial charge is 0.293 e. The van der Waals surface area contributed by atoms with Gasteiger partial charge >= 0.3 is 6.18 Å². The second kappa shape index (κ2) is 4.53. The second-order valence-electron chi connectivity index (χ2n) is 3.92. The quantitative estimate of drug-likeness (QED) is 0.768. The van der Waals surface area contributed by atoms with E-state index in [0.29, 0.717) is 11.3 Å². The number of alkyl halides is 3. The zero-order chi connectivity index (χ0) is 12.5. The van der Waals surface area contributed by atoms with Crippen molar-refractivity contribution in [2.75, 3.05) is 0 Å². The van der Waals surface area contributed by atoms with Crippen LogP contribution in [0.2, 0.25) is 0 Å². The van der Waals surface area contributed by atoms with Crippen LogP contribution >= 0.6 is 11.3 Å². The summed E-state index contributed by atoms with van der Waals surface area (Å²) >= 11 is 0.408. The Bertz CT molecular complexity index is 384. The van der Waals surface area contributed by atoms with Gasteiger partial charge in [0.25, 0.3) is 0 Å². The summed E-state index contributed by atoms with van der Waals surface area (Å²) < 4.78 is 36.8. The van der Waals surface area contributed by atoms with Crippen LogP contribution in [0.5, 0.6) is 0 Å². The third kappa shape index (κ3) is 2.81. The first-order chi connectivity index (χ1) is 7.23. The highest BCUT2D eigenvalue weighted by molar-refractivity contribution is 7.13. The van der Waals surface area contributed by atoms with Gasteiger partial charge < -0.3 is 0 Å². The Kier molecular flexibility index (Phi) is 3.72. The molecule has 0 spiro atoms. The molecule has 1 heterocycles. The summed E-state index contributed by atoms with van der Waals surface area (Å²) in [5.41, 5.74) is 0. The Labute approximate surface area is 95.5 Å². The molecular weight excluding hydrogens is 239 g/mol. The highest BCUT2D eigenvalue weighted by atomic mass is 32.1. The van der Waals surface area contributed by atoms with E-state index >= 15 is 0 Å². The van der Waals surface area contributed by atoms with E-state index in [1.54, 1.807) is 6.92 Å². The van der Waals surface area contributed by atoms with Gasteiger partial charge in [-0.15, -0.1) is 11.3 Å². The first kappa shape index (κ1) is 13.2. The van der Waals surface area contributed by atoms with Gasteiger partial charge in [-0.05, 0) is 5.92 Å². The topological polar surface area (TPSA) is 30.0 Å². The number of Topliss-reactive ketones (excluding diaryl/α,β-unsaturated/α-hetero) is 1. The van der Waals surface area contributed by atoms with Crippen LogP contribution in [0.3, 0.4) is 0 Å². The van der Waals surface area contributed by atoms with E-state index in [1.165, 1.54) is 0 Å². The van der Waals surface area contributed by atoms with Crippen molar-refractivity contribution in [3.8, 4) is 0 Å². The largest absolute Gasteiger partial charge is 0.443 e. The molecule has 6 heteroatoms. The molecule has 1 aromatic rings. The molecule has 0 bridgehead atoms.